The molecule has 5 nitrogen and oxygen atoms in total. The second-order valence-electron chi connectivity index (χ2n) is 5.12. The summed E-state index contributed by atoms with van der Waals surface area (Å²) in [5, 5.41) is 5.01. The first-order chi connectivity index (χ1) is 7.29. The van der Waals surface area contributed by atoms with Gasteiger partial charge < -0.3 is 9.47 Å². The Morgan fingerprint density at radius 2 is 2.19 bits per heavy atom. The Kier molecular flexibility index (Phi) is 4.73. The summed E-state index contributed by atoms with van der Waals surface area (Å²) in [5.41, 5.74) is -0.452. The average Bonchev–Trinajstić information content (AvgIpc) is 2.51. The summed E-state index contributed by atoms with van der Waals surface area (Å²) in [6.45, 7) is 5.37. The summed E-state index contributed by atoms with van der Waals surface area (Å²) in [4.78, 5) is 0. The van der Waals surface area contributed by atoms with Crippen LogP contribution >= 0.6 is 0 Å². The van der Waals surface area contributed by atoms with Gasteiger partial charge in [-0.25, -0.2) is 13.6 Å². The van der Waals surface area contributed by atoms with Crippen molar-refractivity contribution in [1.82, 2.24) is 0 Å². The van der Waals surface area contributed by atoms with Crippen LogP contribution in [0.15, 0.2) is 0 Å². The highest BCUT2D eigenvalue weighted by Crippen LogP contribution is 2.19. The largest absolute Gasteiger partial charge is 0.378 e. The Labute approximate surface area is 97.3 Å². The van der Waals surface area contributed by atoms with E-state index in [4.69, 9.17) is 14.6 Å². The Morgan fingerprint density at radius 1 is 1.50 bits per heavy atom. The standard InChI is InChI=1S/C10H21NO4S/c1-10(2,8-16(11,12)13)7-14-6-9-4-3-5-15-9/h9H,3-8H2,1-2H3,(H2,11,12,13). The molecule has 16 heavy (non-hydrogen) atoms. The normalized spacial score (nSPS) is 22.6. The van der Waals surface area contributed by atoms with Gasteiger partial charge in [0, 0.05) is 12.0 Å². The topological polar surface area (TPSA) is 78.6 Å². The van der Waals surface area contributed by atoms with E-state index in [1.54, 1.807) is 0 Å². The molecule has 0 saturated carbocycles. The van der Waals surface area contributed by atoms with E-state index in [0.29, 0.717) is 13.2 Å². The van der Waals surface area contributed by atoms with Crippen molar-refractivity contribution in [2.75, 3.05) is 25.6 Å². The Balaban J connectivity index is 2.24. The molecule has 0 aromatic rings. The minimum Gasteiger partial charge on any atom is -0.378 e. The second-order valence-corrected chi connectivity index (χ2v) is 6.74. The van der Waals surface area contributed by atoms with Crippen molar-refractivity contribution < 1.29 is 17.9 Å². The number of hydrogen-bond acceptors (Lipinski definition) is 4. The van der Waals surface area contributed by atoms with Crippen LogP contribution in [0.1, 0.15) is 26.7 Å². The first-order valence-electron chi connectivity index (χ1n) is 5.48. The molecule has 96 valence electrons. The zero-order valence-electron chi connectivity index (χ0n) is 9.94. The zero-order chi connectivity index (χ0) is 12.2. The summed E-state index contributed by atoms with van der Waals surface area (Å²) in [7, 11) is -3.44. The van der Waals surface area contributed by atoms with E-state index >= 15 is 0 Å². The van der Waals surface area contributed by atoms with Crippen LogP contribution < -0.4 is 5.14 Å². The summed E-state index contributed by atoms with van der Waals surface area (Å²) in [6.07, 6.45) is 2.27. The van der Waals surface area contributed by atoms with Crippen molar-refractivity contribution in [3.63, 3.8) is 0 Å². The molecule has 1 rings (SSSR count). The van der Waals surface area contributed by atoms with Gasteiger partial charge in [-0.3, -0.25) is 0 Å². The van der Waals surface area contributed by atoms with Crippen LogP contribution in [-0.2, 0) is 19.5 Å². The highest BCUT2D eigenvalue weighted by atomic mass is 32.2. The second kappa shape index (κ2) is 5.44. The van der Waals surface area contributed by atoms with Gasteiger partial charge in [0.25, 0.3) is 0 Å². The molecule has 0 radical (unpaired) electrons. The lowest BCUT2D eigenvalue weighted by Crippen LogP contribution is -2.33. The van der Waals surface area contributed by atoms with E-state index in [2.05, 4.69) is 0 Å². The van der Waals surface area contributed by atoms with Gasteiger partial charge in [-0.05, 0) is 12.8 Å². The summed E-state index contributed by atoms with van der Waals surface area (Å²) in [6, 6.07) is 0. The molecule has 1 aliphatic rings. The number of ether oxygens (including phenoxy) is 2. The van der Waals surface area contributed by atoms with E-state index in [9.17, 15) is 8.42 Å². The maximum Gasteiger partial charge on any atom is 0.209 e. The molecule has 1 unspecified atom stereocenters. The average molecular weight is 251 g/mol. The molecular formula is C10H21NO4S. The van der Waals surface area contributed by atoms with Crippen molar-refractivity contribution in [3.05, 3.63) is 0 Å². The molecule has 1 atom stereocenters. The molecule has 0 aromatic heterocycles. The van der Waals surface area contributed by atoms with E-state index in [0.717, 1.165) is 19.4 Å². The fourth-order valence-corrected chi connectivity index (χ4v) is 3.00. The molecule has 1 aliphatic heterocycles. The van der Waals surface area contributed by atoms with Crippen LogP contribution in [0, 0.1) is 5.41 Å². The third-order valence-electron chi connectivity index (χ3n) is 2.41. The highest BCUT2D eigenvalue weighted by Gasteiger charge is 2.25. The molecule has 0 aliphatic carbocycles. The van der Waals surface area contributed by atoms with Crippen molar-refractivity contribution in [2.45, 2.75) is 32.8 Å². The van der Waals surface area contributed by atoms with Crippen LogP contribution in [0.2, 0.25) is 0 Å². The molecule has 0 amide bonds. The molecule has 0 spiro atoms. The predicted octanol–water partition coefficient (Wildman–Crippen LogP) is 0.497. The van der Waals surface area contributed by atoms with Crippen LogP contribution in [0.4, 0.5) is 0 Å². The van der Waals surface area contributed by atoms with Crippen molar-refractivity contribution >= 4 is 10.0 Å². The van der Waals surface area contributed by atoms with Crippen LogP contribution in [0.3, 0.4) is 0 Å². The molecule has 1 fully saturated rings. The molecular weight excluding hydrogens is 230 g/mol. The molecule has 2 N–H and O–H groups in total. The Bertz CT molecular complexity index is 307. The number of hydrogen-bond donors (Lipinski definition) is 1. The van der Waals surface area contributed by atoms with Gasteiger partial charge in [0.15, 0.2) is 0 Å². The minimum atomic E-state index is -3.44. The van der Waals surface area contributed by atoms with Gasteiger partial charge in [0.1, 0.15) is 0 Å². The molecule has 1 saturated heterocycles. The van der Waals surface area contributed by atoms with Gasteiger partial charge in [-0.1, -0.05) is 13.8 Å². The molecule has 0 bridgehead atoms. The monoisotopic (exact) mass is 251 g/mol. The predicted molar refractivity (Wildman–Crippen MR) is 61.5 cm³/mol. The fraction of sp³-hybridized carbons (Fsp3) is 1.00. The first-order valence-corrected chi connectivity index (χ1v) is 7.20. The molecule has 6 heteroatoms. The minimum absolute atomic E-state index is 0.0640. The SMILES string of the molecule is CC(C)(COCC1CCCO1)CS(N)(=O)=O. The summed E-state index contributed by atoms with van der Waals surface area (Å²) in [5.74, 6) is -0.0640. The molecule has 0 aromatic carbocycles. The number of nitrogens with two attached hydrogens (primary N) is 1. The quantitative estimate of drug-likeness (QED) is 0.745. The van der Waals surface area contributed by atoms with Gasteiger partial charge >= 0.3 is 0 Å². The zero-order valence-corrected chi connectivity index (χ0v) is 10.8. The third-order valence-corrected chi connectivity index (χ3v) is 3.60. The smallest absolute Gasteiger partial charge is 0.209 e. The number of rotatable bonds is 6. The van der Waals surface area contributed by atoms with Crippen LogP contribution in [0.5, 0.6) is 0 Å². The first kappa shape index (κ1) is 13.9. The molecule has 1 heterocycles. The van der Waals surface area contributed by atoms with E-state index in [1.165, 1.54) is 0 Å². The Morgan fingerprint density at radius 3 is 2.69 bits per heavy atom. The van der Waals surface area contributed by atoms with E-state index in [-0.39, 0.29) is 11.9 Å². The van der Waals surface area contributed by atoms with Crippen molar-refractivity contribution in [3.8, 4) is 0 Å². The highest BCUT2D eigenvalue weighted by molar-refractivity contribution is 7.89. The lowest BCUT2D eigenvalue weighted by Gasteiger charge is -2.23. The summed E-state index contributed by atoms with van der Waals surface area (Å²) >= 11 is 0. The number of primary sulfonamides is 1. The lowest BCUT2D eigenvalue weighted by molar-refractivity contribution is -0.00552. The van der Waals surface area contributed by atoms with Gasteiger partial charge in [-0.15, -0.1) is 0 Å². The lowest BCUT2D eigenvalue weighted by atomic mass is 9.98. The van der Waals surface area contributed by atoms with E-state index in [1.807, 2.05) is 13.8 Å². The number of sulfonamides is 1. The van der Waals surface area contributed by atoms with Gasteiger partial charge in [-0.2, -0.15) is 0 Å². The van der Waals surface area contributed by atoms with Crippen LogP contribution in [-0.4, -0.2) is 40.1 Å². The van der Waals surface area contributed by atoms with E-state index < -0.39 is 15.4 Å². The van der Waals surface area contributed by atoms with Crippen molar-refractivity contribution in [2.24, 2.45) is 10.6 Å². The van der Waals surface area contributed by atoms with Crippen molar-refractivity contribution in [1.29, 1.82) is 0 Å². The maximum atomic E-state index is 11.0. The fourth-order valence-electron chi connectivity index (χ4n) is 1.83. The van der Waals surface area contributed by atoms with Gasteiger partial charge in [0.2, 0.25) is 10.0 Å². The van der Waals surface area contributed by atoms with Crippen LogP contribution in [0.25, 0.3) is 0 Å². The third kappa shape index (κ3) is 5.79. The summed E-state index contributed by atoms with van der Waals surface area (Å²) < 4.78 is 32.8. The maximum absolute atomic E-state index is 11.0. The Hall–Kier alpha value is -0.170. The van der Waals surface area contributed by atoms with Gasteiger partial charge in [0.05, 0.1) is 25.1 Å².